The Morgan fingerprint density at radius 2 is 1.87 bits per heavy atom. The second-order valence-corrected chi connectivity index (χ2v) is 14.7. The molecule has 0 radical (unpaired) electrons. The van der Waals surface area contributed by atoms with Gasteiger partial charge in [0.2, 0.25) is 0 Å². The first-order chi connectivity index (χ1) is 14.4. The molecule has 0 aliphatic rings. The van der Waals surface area contributed by atoms with Crippen molar-refractivity contribution < 1.29 is 9.22 Å². The summed E-state index contributed by atoms with van der Waals surface area (Å²) in [4.78, 5) is 26.0. The van der Waals surface area contributed by atoms with Crippen LogP contribution >= 0.6 is 0 Å². The van der Waals surface area contributed by atoms with Crippen LogP contribution in [0, 0.1) is 0 Å². The Morgan fingerprint density at radius 3 is 2.48 bits per heavy atom. The molecule has 0 saturated heterocycles. The van der Waals surface area contributed by atoms with Gasteiger partial charge >= 0.3 is 0 Å². The van der Waals surface area contributed by atoms with Gasteiger partial charge in [0.15, 0.2) is 14.1 Å². The fourth-order valence-electron chi connectivity index (χ4n) is 3.19. The van der Waals surface area contributed by atoms with Crippen LogP contribution < -0.4 is 5.73 Å². The zero-order valence-corrected chi connectivity index (χ0v) is 20.6. The van der Waals surface area contributed by atoms with Crippen LogP contribution in [0.3, 0.4) is 0 Å². The molecule has 166 valence electrons. The zero-order chi connectivity index (χ0) is 23.0. The van der Waals surface area contributed by atoms with Crippen LogP contribution in [0.1, 0.15) is 57.0 Å². The highest BCUT2D eigenvalue weighted by Gasteiger charge is 2.40. The third-order valence-electron chi connectivity index (χ3n) is 6.63. The van der Waals surface area contributed by atoms with Gasteiger partial charge in [-0.3, -0.25) is 9.78 Å². The number of nitrogens with two attached hydrogens (primary N) is 1. The first-order valence-electron chi connectivity index (χ1n) is 10.6. The highest BCUT2D eigenvalue weighted by atomic mass is 28.4. The molecular formula is C23H33N5O2Si. The number of hydrogen-bond acceptors (Lipinski definition) is 6. The van der Waals surface area contributed by atoms with Gasteiger partial charge in [-0.1, -0.05) is 27.7 Å². The summed E-state index contributed by atoms with van der Waals surface area (Å²) in [5.74, 6) is -0.151. The van der Waals surface area contributed by atoms with Crippen molar-refractivity contribution in [2.24, 2.45) is 0 Å². The molecule has 0 aliphatic heterocycles. The maximum atomic E-state index is 13.3. The van der Waals surface area contributed by atoms with Crippen LogP contribution in [0.4, 0.5) is 5.69 Å². The van der Waals surface area contributed by atoms with Crippen molar-refractivity contribution in [2.75, 3.05) is 12.3 Å². The molecule has 1 atom stereocenters. The van der Waals surface area contributed by atoms with Crippen molar-refractivity contribution in [1.29, 1.82) is 0 Å². The minimum absolute atomic E-state index is 0.115. The summed E-state index contributed by atoms with van der Waals surface area (Å²) in [6.07, 6.45) is 8.96. The van der Waals surface area contributed by atoms with Crippen molar-refractivity contribution >= 4 is 30.8 Å². The largest absolute Gasteiger partial charge is 0.414 e. The quantitative estimate of drug-likeness (QED) is 0.420. The van der Waals surface area contributed by atoms with E-state index >= 15 is 0 Å². The number of aromatic nitrogens is 4. The maximum Gasteiger partial charge on any atom is 0.196 e. The summed E-state index contributed by atoms with van der Waals surface area (Å²) < 4.78 is 8.66. The second-order valence-electron chi connectivity index (χ2n) is 9.91. The summed E-state index contributed by atoms with van der Waals surface area (Å²) in [7, 11) is -1.94. The van der Waals surface area contributed by atoms with E-state index in [-0.39, 0.29) is 16.4 Å². The molecule has 2 N–H and O–H groups in total. The van der Waals surface area contributed by atoms with Gasteiger partial charge in [-0.05, 0) is 37.5 Å². The molecule has 0 fully saturated rings. The van der Waals surface area contributed by atoms with E-state index in [4.69, 9.17) is 10.2 Å². The highest BCUT2D eigenvalue weighted by molar-refractivity contribution is 6.74. The highest BCUT2D eigenvalue weighted by Crippen LogP contribution is 2.38. The van der Waals surface area contributed by atoms with Gasteiger partial charge in [0.25, 0.3) is 0 Å². The van der Waals surface area contributed by atoms with Crippen molar-refractivity contribution in [1.82, 2.24) is 19.5 Å². The van der Waals surface area contributed by atoms with Gasteiger partial charge in [0, 0.05) is 35.7 Å². The van der Waals surface area contributed by atoms with Crippen molar-refractivity contribution in [3.05, 3.63) is 48.3 Å². The number of hydrogen-bond donors (Lipinski definition) is 1. The standard InChI is InChI=1S/C23H33N5O2Si/c1-8-23(5,14-30-31(6,7)22(2,3)4)28-13-19(18-12-26-15-27-21(18)28)20(29)16-9-17(24)11-25-10-16/h9-13,15H,8,14,24H2,1-7H3. The zero-order valence-electron chi connectivity index (χ0n) is 19.6. The fraction of sp³-hybridized carbons (Fsp3) is 0.478. The molecule has 3 heterocycles. The average Bonchev–Trinajstić information content (AvgIpc) is 3.11. The number of pyridine rings is 1. The van der Waals surface area contributed by atoms with Crippen LogP contribution in [-0.4, -0.2) is 40.2 Å². The average molecular weight is 440 g/mol. The third-order valence-corrected chi connectivity index (χ3v) is 11.1. The van der Waals surface area contributed by atoms with Gasteiger partial charge in [-0.15, -0.1) is 0 Å². The molecule has 0 saturated carbocycles. The number of ketones is 1. The predicted octanol–water partition coefficient (Wildman–Crippen LogP) is 4.79. The van der Waals surface area contributed by atoms with E-state index in [0.717, 1.165) is 12.1 Å². The summed E-state index contributed by atoms with van der Waals surface area (Å²) in [6.45, 7) is 16.0. The normalized spacial score (nSPS) is 14.5. The molecule has 31 heavy (non-hydrogen) atoms. The number of nitrogens with zero attached hydrogens (tertiary/aromatic N) is 4. The lowest BCUT2D eigenvalue weighted by Crippen LogP contribution is -2.46. The van der Waals surface area contributed by atoms with E-state index in [1.54, 1.807) is 12.3 Å². The molecule has 3 aromatic heterocycles. The van der Waals surface area contributed by atoms with Crippen molar-refractivity contribution in [3.63, 3.8) is 0 Å². The molecule has 0 aliphatic carbocycles. The number of rotatable bonds is 7. The van der Waals surface area contributed by atoms with Crippen LogP contribution in [0.2, 0.25) is 18.1 Å². The number of anilines is 1. The van der Waals surface area contributed by atoms with Gasteiger partial charge < -0.3 is 14.7 Å². The molecule has 3 rings (SSSR count). The molecule has 0 aromatic carbocycles. The molecule has 1 unspecified atom stereocenters. The molecule has 8 heteroatoms. The Hall–Kier alpha value is -2.58. The lowest BCUT2D eigenvalue weighted by atomic mass is 10.00. The first kappa shape index (κ1) is 23.1. The minimum Gasteiger partial charge on any atom is -0.414 e. The smallest absolute Gasteiger partial charge is 0.196 e. The molecule has 3 aromatic rings. The number of carbonyl (C=O) groups is 1. The second kappa shape index (κ2) is 8.16. The van der Waals surface area contributed by atoms with Crippen LogP contribution in [0.25, 0.3) is 11.0 Å². The van der Waals surface area contributed by atoms with Crippen molar-refractivity contribution in [3.8, 4) is 0 Å². The molecule has 0 spiro atoms. The maximum absolute atomic E-state index is 13.3. The summed E-state index contributed by atoms with van der Waals surface area (Å²) in [6, 6.07) is 1.64. The summed E-state index contributed by atoms with van der Waals surface area (Å²) >= 11 is 0. The Kier molecular flexibility index (Phi) is 6.08. The Labute approximate surface area is 185 Å². The lowest BCUT2D eigenvalue weighted by Gasteiger charge is -2.40. The number of carbonyl (C=O) groups excluding carboxylic acids is 1. The first-order valence-corrected chi connectivity index (χ1v) is 13.5. The minimum atomic E-state index is -1.94. The number of fused-ring (bicyclic) bond motifs is 1. The Morgan fingerprint density at radius 1 is 1.16 bits per heavy atom. The van der Waals surface area contributed by atoms with E-state index in [1.807, 2.05) is 6.20 Å². The van der Waals surface area contributed by atoms with E-state index in [1.165, 1.54) is 18.7 Å². The van der Waals surface area contributed by atoms with E-state index in [0.29, 0.717) is 28.8 Å². The molecular weight excluding hydrogens is 406 g/mol. The van der Waals surface area contributed by atoms with Crippen LogP contribution in [0.5, 0.6) is 0 Å². The van der Waals surface area contributed by atoms with Gasteiger partial charge in [0.1, 0.15) is 12.0 Å². The Bertz CT molecular complexity index is 1100. The lowest BCUT2D eigenvalue weighted by molar-refractivity contribution is 0.103. The SMILES string of the molecule is CCC(C)(CO[Si](C)(C)C(C)(C)C)n1cc(C(=O)c2cncc(N)c2)c2cncnc21. The fourth-order valence-corrected chi connectivity index (χ4v) is 4.29. The summed E-state index contributed by atoms with van der Waals surface area (Å²) in [5.41, 5.74) is 7.63. The van der Waals surface area contributed by atoms with Crippen molar-refractivity contribution in [2.45, 2.75) is 64.7 Å². The van der Waals surface area contributed by atoms with Crippen LogP contribution in [-0.2, 0) is 9.96 Å². The Balaban J connectivity index is 2.06. The van der Waals surface area contributed by atoms with Gasteiger partial charge in [-0.25, -0.2) is 9.97 Å². The number of nitrogen functional groups attached to an aromatic ring is 1. The molecule has 0 bridgehead atoms. The summed E-state index contributed by atoms with van der Waals surface area (Å²) in [5, 5.41) is 0.825. The van der Waals surface area contributed by atoms with E-state index in [9.17, 15) is 4.79 Å². The van der Waals surface area contributed by atoms with E-state index < -0.39 is 8.32 Å². The predicted molar refractivity (Wildman–Crippen MR) is 127 cm³/mol. The van der Waals surface area contributed by atoms with E-state index in [2.05, 4.69) is 67.2 Å². The topological polar surface area (TPSA) is 95.9 Å². The third kappa shape index (κ3) is 4.40. The van der Waals surface area contributed by atoms with Crippen LogP contribution in [0.15, 0.2) is 37.2 Å². The van der Waals surface area contributed by atoms with Gasteiger partial charge in [0.05, 0.1) is 23.4 Å². The molecule has 7 nitrogen and oxygen atoms in total. The van der Waals surface area contributed by atoms with Gasteiger partial charge in [-0.2, -0.15) is 0 Å². The monoisotopic (exact) mass is 439 g/mol. The molecule has 0 amide bonds.